The first kappa shape index (κ1) is 19.9. The molecular formula is C22H27N3O3. The van der Waals surface area contributed by atoms with Crippen LogP contribution in [0.25, 0.3) is 0 Å². The number of nitrogens with zero attached hydrogens (tertiary/aromatic N) is 1. The van der Waals surface area contributed by atoms with E-state index in [2.05, 4.69) is 5.32 Å². The average Bonchev–Trinajstić information content (AvgIpc) is 2.75. The van der Waals surface area contributed by atoms with Crippen molar-refractivity contribution in [2.75, 3.05) is 25.0 Å². The molecule has 0 radical (unpaired) electrons. The number of likely N-dealkylation sites (tertiary alicyclic amines) is 1. The maximum atomic E-state index is 12.8. The van der Waals surface area contributed by atoms with E-state index in [1.807, 2.05) is 24.0 Å². The Morgan fingerprint density at radius 2 is 1.71 bits per heavy atom. The predicted octanol–water partition coefficient (Wildman–Crippen LogP) is 3.42. The van der Waals surface area contributed by atoms with E-state index in [4.69, 9.17) is 10.5 Å². The highest BCUT2D eigenvalue weighted by atomic mass is 16.5. The Kier molecular flexibility index (Phi) is 6.66. The smallest absolute Gasteiger partial charge is 0.255 e. The van der Waals surface area contributed by atoms with Gasteiger partial charge in [0.25, 0.3) is 11.8 Å². The monoisotopic (exact) mass is 381 g/mol. The standard InChI is InChI=1S/C22H27N3O3/c1-2-28-20-11-10-18(22(27)25-12-4-3-5-13-25)14-19(20)24-21(26)17-8-6-16(15-23)7-9-17/h6-11,14H,2-5,12-13,15,23H2,1H3,(H,24,26). The number of piperidine rings is 1. The summed E-state index contributed by atoms with van der Waals surface area (Å²) in [5.74, 6) is 0.280. The minimum absolute atomic E-state index is 0.00875. The number of benzene rings is 2. The summed E-state index contributed by atoms with van der Waals surface area (Å²) < 4.78 is 5.63. The summed E-state index contributed by atoms with van der Waals surface area (Å²) in [4.78, 5) is 27.3. The molecule has 28 heavy (non-hydrogen) atoms. The van der Waals surface area contributed by atoms with Gasteiger partial charge in [0.05, 0.1) is 12.3 Å². The van der Waals surface area contributed by atoms with Gasteiger partial charge in [-0.15, -0.1) is 0 Å². The zero-order chi connectivity index (χ0) is 19.9. The van der Waals surface area contributed by atoms with Crippen molar-refractivity contribution in [3.8, 4) is 5.75 Å². The number of anilines is 1. The van der Waals surface area contributed by atoms with E-state index in [0.717, 1.165) is 37.9 Å². The van der Waals surface area contributed by atoms with E-state index in [1.54, 1.807) is 30.3 Å². The maximum absolute atomic E-state index is 12.8. The van der Waals surface area contributed by atoms with Crippen LogP contribution in [0, 0.1) is 0 Å². The van der Waals surface area contributed by atoms with Crippen LogP contribution >= 0.6 is 0 Å². The molecule has 1 saturated heterocycles. The molecule has 0 atom stereocenters. The van der Waals surface area contributed by atoms with E-state index in [9.17, 15) is 9.59 Å². The molecule has 1 aliphatic heterocycles. The number of nitrogens with one attached hydrogen (secondary N) is 1. The van der Waals surface area contributed by atoms with Gasteiger partial charge in [-0.05, 0) is 62.1 Å². The number of carbonyl (C=O) groups is 2. The highest BCUT2D eigenvalue weighted by Crippen LogP contribution is 2.28. The third kappa shape index (κ3) is 4.70. The topological polar surface area (TPSA) is 84.7 Å². The molecule has 1 aliphatic rings. The number of amides is 2. The number of rotatable bonds is 6. The highest BCUT2D eigenvalue weighted by Gasteiger charge is 2.20. The number of nitrogens with two attached hydrogens (primary N) is 1. The van der Waals surface area contributed by atoms with E-state index < -0.39 is 0 Å². The Hall–Kier alpha value is -2.86. The van der Waals surface area contributed by atoms with E-state index >= 15 is 0 Å². The normalized spacial score (nSPS) is 13.9. The molecule has 0 aromatic heterocycles. The Labute approximate surface area is 165 Å². The molecular weight excluding hydrogens is 354 g/mol. The van der Waals surface area contributed by atoms with Crippen molar-refractivity contribution < 1.29 is 14.3 Å². The Morgan fingerprint density at radius 3 is 2.36 bits per heavy atom. The van der Waals surface area contributed by atoms with Crippen molar-refractivity contribution in [2.24, 2.45) is 5.73 Å². The van der Waals surface area contributed by atoms with Gasteiger partial charge >= 0.3 is 0 Å². The molecule has 0 aliphatic carbocycles. The molecule has 2 aromatic carbocycles. The summed E-state index contributed by atoms with van der Waals surface area (Å²) in [5, 5.41) is 2.88. The van der Waals surface area contributed by atoms with Gasteiger partial charge in [-0.3, -0.25) is 9.59 Å². The molecule has 2 aromatic rings. The summed E-state index contributed by atoms with van der Waals surface area (Å²) in [5.41, 5.74) is 8.14. The molecule has 0 unspecified atom stereocenters. The summed E-state index contributed by atoms with van der Waals surface area (Å²) in [6.45, 7) is 4.33. The van der Waals surface area contributed by atoms with Gasteiger partial charge in [-0.2, -0.15) is 0 Å². The lowest BCUT2D eigenvalue weighted by Gasteiger charge is -2.27. The molecule has 1 fully saturated rings. The Balaban J connectivity index is 1.82. The second kappa shape index (κ2) is 9.37. The van der Waals surface area contributed by atoms with Crippen LogP contribution in [0.5, 0.6) is 5.75 Å². The fourth-order valence-corrected chi connectivity index (χ4v) is 3.31. The zero-order valence-electron chi connectivity index (χ0n) is 16.2. The average molecular weight is 381 g/mol. The van der Waals surface area contributed by atoms with Gasteiger partial charge in [0.2, 0.25) is 0 Å². The lowest BCUT2D eigenvalue weighted by molar-refractivity contribution is 0.0724. The summed E-state index contributed by atoms with van der Waals surface area (Å²) in [6.07, 6.45) is 3.23. The first-order chi connectivity index (χ1) is 13.6. The first-order valence-electron chi connectivity index (χ1n) is 9.79. The third-order valence-corrected chi connectivity index (χ3v) is 4.87. The van der Waals surface area contributed by atoms with Crippen LogP contribution in [0.1, 0.15) is 52.5 Å². The summed E-state index contributed by atoms with van der Waals surface area (Å²) >= 11 is 0. The zero-order valence-corrected chi connectivity index (χ0v) is 16.2. The van der Waals surface area contributed by atoms with Crippen LogP contribution in [0.2, 0.25) is 0 Å². The molecule has 3 rings (SSSR count). The second-order valence-electron chi connectivity index (χ2n) is 6.85. The van der Waals surface area contributed by atoms with E-state index in [0.29, 0.717) is 35.7 Å². The van der Waals surface area contributed by atoms with Crippen LogP contribution in [0.4, 0.5) is 5.69 Å². The van der Waals surface area contributed by atoms with Crippen molar-refractivity contribution in [2.45, 2.75) is 32.7 Å². The Morgan fingerprint density at radius 1 is 1.04 bits per heavy atom. The van der Waals surface area contributed by atoms with Gasteiger partial charge in [0.1, 0.15) is 5.75 Å². The molecule has 0 spiro atoms. The maximum Gasteiger partial charge on any atom is 0.255 e. The number of hydrogen-bond acceptors (Lipinski definition) is 4. The van der Waals surface area contributed by atoms with Crippen molar-refractivity contribution in [1.29, 1.82) is 0 Å². The highest BCUT2D eigenvalue weighted by molar-refractivity contribution is 6.06. The molecule has 6 heteroatoms. The number of hydrogen-bond donors (Lipinski definition) is 2. The van der Waals surface area contributed by atoms with Crippen molar-refractivity contribution >= 4 is 17.5 Å². The summed E-state index contributed by atoms with van der Waals surface area (Å²) in [6, 6.07) is 12.3. The quantitative estimate of drug-likeness (QED) is 0.803. The van der Waals surface area contributed by atoms with Crippen LogP contribution < -0.4 is 15.8 Å². The fraction of sp³-hybridized carbons (Fsp3) is 0.364. The predicted molar refractivity (Wildman–Crippen MR) is 110 cm³/mol. The van der Waals surface area contributed by atoms with Gasteiger partial charge in [-0.25, -0.2) is 0 Å². The molecule has 148 valence electrons. The van der Waals surface area contributed by atoms with Crippen molar-refractivity contribution in [3.05, 3.63) is 59.2 Å². The SMILES string of the molecule is CCOc1ccc(C(=O)N2CCCCC2)cc1NC(=O)c1ccc(CN)cc1. The first-order valence-corrected chi connectivity index (χ1v) is 9.79. The molecule has 6 nitrogen and oxygen atoms in total. The van der Waals surface area contributed by atoms with Crippen molar-refractivity contribution in [1.82, 2.24) is 4.90 Å². The van der Waals surface area contributed by atoms with Gasteiger partial charge < -0.3 is 20.7 Å². The third-order valence-electron chi connectivity index (χ3n) is 4.87. The minimum atomic E-state index is -0.257. The molecule has 0 bridgehead atoms. The molecule has 3 N–H and O–H groups in total. The van der Waals surface area contributed by atoms with Crippen LogP contribution in [-0.4, -0.2) is 36.4 Å². The lowest BCUT2D eigenvalue weighted by atomic mass is 10.1. The van der Waals surface area contributed by atoms with Crippen molar-refractivity contribution in [3.63, 3.8) is 0 Å². The van der Waals surface area contributed by atoms with Crippen LogP contribution in [0.3, 0.4) is 0 Å². The summed E-state index contributed by atoms with van der Waals surface area (Å²) in [7, 11) is 0. The molecule has 1 heterocycles. The van der Waals surface area contributed by atoms with Crippen LogP contribution in [0.15, 0.2) is 42.5 Å². The van der Waals surface area contributed by atoms with Crippen LogP contribution in [-0.2, 0) is 6.54 Å². The largest absolute Gasteiger partial charge is 0.492 e. The number of carbonyl (C=O) groups excluding carboxylic acids is 2. The molecule has 2 amide bonds. The van der Waals surface area contributed by atoms with Gasteiger partial charge in [-0.1, -0.05) is 12.1 Å². The van der Waals surface area contributed by atoms with Gasteiger partial charge in [0.15, 0.2) is 0 Å². The van der Waals surface area contributed by atoms with Gasteiger partial charge in [0, 0.05) is 30.8 Å². The molecule has 0 saturated carbocycles. The second-order valence-corrected chi connectivity index (χ2v) is 6.85. The number of ether oxygens (including phenoxy) is 1. The minimum Gasteiger partial charge on any atom is -0.492 e. The van der Waals surface area contributed by atoms with E-state index in [-0.39, 0.29) is 11.8 Å². The Bertz CT molecular complexity index is 827. The fourth-order valence-electron chi connectivity index (χ4n) is 3.31. The van der Waals surface area contributed by atoms with E-state index in [1.165, 1.54) is 0 Å². The lowest BCUT2D eigenvalue weighted by Crippen LogP contribution is -2.35.